The molecule has 78 valence electrons. The van der Waals surface area contributed by atoms with Crippen LogP contribution in [0.3, 0.4) is 0 Å². The Labute approximate surface area is 79.4 Å². The highest BCUT2D eigenvalue weighted by Gasteiger charge is 2.15. The van der Waals surface area contributed by atoms with E-state index in [1.807, 2.05) is 0 Å². The summed E-state index contributed by atoms with van der Waals surface area (Å²) in [5.74, 6) is -0.778. The number of H-pyrrole nitrogens is 1. The predicted molar refractivity (Wildman–Crippen MR) is 44.1 cm³/mol. The van der Waals surface area contributed by atoms with E-state index in [-0.39, 0.29) is 4.90 Å². The minimum atomic E-state index is -3.79. The summed E-state index contributed by atoms with van der Waals surface area (Å²) in [6.07, 6.45) is 2.26. The monoisotopic (exact) mass is 220 g/mol. The Kier molecular flexibility index (Phi) is 3.17. The summed E-state index contributed by atoms with van der Waals surface area (Å²) in [6, 6.07) is 0. The smallest absolute Gasteiger partial charge is 0.265 e. The minimum Gasteiger partial charge on any atom is -0.368 e. The van der Waals surface area contributed by atoms with Gasteiger partial charge in [-0.3, -0.25) is 14.7 Å². The van der Waals surface area contributed by atoms with Gasteiger partial charge in [0.1, 0.15) is 11.5 Å². The number of aromatic amines is 1. The molecule has 0 fully saturated rings. The molecule has 1 heterocycles. The van der Waals surface area contributed by atoms with E-state index >= 15 is 0 Å². The van der Waals surface area contributed by atoms with Crippen molar-refractivity contribution in [3.63, 3.8) is 0 Å². The van der Waals surface area contributed by atoms with E-state index in [2.05, 4.69) is 15.0 Å². The number of carbonyl (C=O) groups excluding carboxylic acids is 1. The van der Waals surface area contributed by atoms with Crippen molar-refractivity contribution < 1.29 is 18.0 Å². The van der Waals surface area contributed by atoms with Gasteiger partial charge in [-0.05, 0) is 0 Å². The third-order valence-corrected chi connectivity index (χ3v) is 2.35. The molecule has 0 spiro atoms. The molecule has 0 radical (unpaired) electrons. The highest BCUT2D eigenvalue weighted by Crippen LogP contribution is 2.03. The Balaban J connectivity index is 2.56. The summed E-state index contributed by atoms with van der Waals surface area (Å²) in [4.78, 5) is 16.2. The molecule has 4 N–H and O–H groups in total. The van der Waals surface area contributed by atoms with Crippen molar-refractivity contribution in [3.8, 4) is 0 Å². The maximum atomic E-state index is 11.2. The van der Waals surface area contributed by atoms with Crippen molar-refractivity contribution >= 4 is 15.9 Å². The number of carbonyl (C=O) groups is 1. The Morgan fingerprint density at radius 3 is 2.93 bits per heavy atom. The standard InChI is InChI=1S/C5H8N4O4S/c6-5(10)3-13-9-14(11,12)4-1-7-8-2-4/h1-2,9H,3H2,(H2,6,10)(H,7,8). The number of hydrogen-bond acceptors (Lipinski definition) is 5. The second-order valence-electron chi connectivity index (χ2n) is 2.28. The average Bonchev–Trinajstić information content (AvgIpc) is 2.54. The number of aromatic nitrogens is 2. The zero-order valence-electron chi connectivity index (χ0n) is 6.93. The third-order valence-electron chi connectivity index (χ3n) is 1.17. The Morgan fingerprint density at radius 1 is 1.71 bits per heavy atom. The fourth-order valence-corrected chi connectivity index (χ4v) is 1.32. The van der Waals surface area contributed by atoms with Crippen LogP contribution in [0.1, 0.15) is 0 Å². The molecule has 0 aliphatic rings. The largest absolute Gasteiger partial charge is 0.368 e. The number of amides is 1. The lowest BCUT2D eigenvalue weighted by Gasteiger charge is -2.02. The first-order chi connectivity index (χ1) is 6.52. The quantitative estimate of drug-likeness (QED) is 0.499. The molecule has 8 nitrogen and oxygen atoms in total. The second-order valence-corrected chi connectivity index (χ2v) is 3.92. The van der Waals surface area contributed by atoms with E-state index in [1.165, 1.54) is 0 Å². The van der Waals surface area contributed by atoms with Crippen LogP contribution in [0.2, 0.25) is 0 Å². The summed E-state index contributed by atoms with van der Waals surface area (Å²) < 4.78 is 22.5. The Morgan fingerprint density at radius 2 is 2.43 bits per heavy atom. The van der Waals surface area contributed by atoms with Gasteiger partial charge in [-0.1, -0.05) is 4.89 Å². The van der Waals surface area contributed by atoms with Crippen LogP contribution in [0.5, 0.6) is 0 Å². The molecule has 0 saturated carbocycles. The van der Waals surface area contributed by atoms with Crippen molar-refractivity contribution in [1.29, 1.82) is 0 Å². The summed E-state index contributed by atoms with van der Waals surface area (Å²) >= 11 is 0. The van der Waals surface area contributed by atoms with Crippen molar-refractivity contribution in [1.82, 2.24) is 15.1 Å². The first-order valence-corrected chi connectivity index (χ1v) is 4.91. The first-order valence-electron chi connectivity index (χ1n) is 3.43. The lowest BCUT2D eigenvalue weighted by molar-refractivity contribution is -0.123. The van der Waals surface area contributed by atoms with Gasteiger partial charge in [-0.2, -0.15) is 5.10 Å². The normalized spacial score (nSPS) is 11.4. The van der Waals surface area contributed by atoms with Crippen LogP contribution in [0.25, 0.3) is 0 Å². The van der Waals surface area contributed by atoms with Gasteiger partial charge in [-0.25, -0.2) is 8.42 Å². The maximum Gasteiger partial charge on any atom is 0.265 e. The average molecular weight is 220 g/mol. The first kappa shape index (κ1) is 10.6. The van der Waals surface area contributed by atoms with Crippen molar-refractivity contribution in [2.45, 2.75) is 4.90 Å². The van der Waals surface area contributed by atoms with Crippen molar-refractivity contribution in [2.24, 2.45) is 5.73 Å². The molecular weight excluding hydrogens is 212 g/mol. The molecule has 0 saturated heterocycles. The number of nitrogens with zero attached hydrogens (tertiary/aromatic N) is 1. The molecule has 1 aromatic heterocycles. The number of hydrogen-bond donors (Lipinski definition) is 3. The van der Waals surface area contributed by atoms with Crippen LogP contribution in [0.4, 0.5) is 0 Å². The summed E-state index contributed by atoms with van der Waals surface area (Å²) in [5.41, 5.74) is 4.72. The number of primary amides is 1. The molecule has 0 atom stereocenters. The second kappa shape index (κ2) is 4.17. The topological polar surface area (TPSA) is 127 Å². The number of rotatable bonds is 5. The zero-order chi connectivity index (χ0) is 10.6. The van der Waals surface area contributed by atoms with Crippen LogP contribution in [-0.4, -0.2) is 31.1 Å². The highest BCUT2D eigenvalue weighted by atomic mass is 32.2. The summed E-state index contributed by atoms with van der Waals surface area (Å²) in [5, 5.41) is 5.76. The van der Waals surface area contributed by atoms with Gasteiger partial charge >= 0.3 is 0 Å². The SMILES string of the molecule is NC(=O)CONS(=O)(=O)c1cn[nH]c1. The molecule has 9 heteroatoms. The molecule has 14 heavy (non-hydrogen) atoms. The summed E-state index contributed by atoms with van der Waals surface area (Å²) in [7, 11) is -3.79. The van der Waals surface area contributed by atoms with E-state index in [4.69, 9.17) is 5.73 Å². The fraction of sp³-hybridized carbons (Fsp3) is 0.200. The zero-order valence-corrected chi connectivity index (χ0v) is 7.74. The van der Waals surface area contributed by atoms with E-state index in [9.17, 15) is 13.2 Å². The molecule has 0 aliphatic heterocycles. The number of nitrogens with two attached hydrogens (primary N) is 1. The van der Waals surface area contributed by atoms with Crippen LogP contribution >= 0.6 is 0 Å². The van der Waals surface area contributed by atoms with Gasteiger partial charge in [-0.15, -0.1) is 0 Å². The maximum absolute atomic E-state index is 11.2. The van der Waals surface area contributed by atoms with E-state index in [1.54, 1.807) is 4.89 Å². The van der Waals surface area contributed by atoms with Gasteiger partial charge in [0.2, 0.25) is 5.91 Å². The number of nitrogens with one attached hydrogen (secondary N) is 2. The van der Waals surface area contributed by atoms with Crippen molar-refractivity contribution in [2.75, 3.05) is 6.61 Å². The van der Waals surface area contributed by atoms with Crippen LogP contribution < -0.4 is 10.6 Å². The van der Waals surface area contributed by atoms with Crippen molar-refractivity contribution in [3.05, 3.63) is 12.4 Å². The van der Waals surface area contributed by atoms with Crippen LogP contribution in [0.15, 0.2) is 17.3 Å². The Bertz CT molecular complexity index is 397. The van der Waals surface area contributed by atoms with E-state index < -0.39 is 22.5 Å². The van der Waals surface area contributed by atoms with Gasteiger partial charge < -0.3 is 5.73 Å². The highest BCUT2D eigenvalue weighted by molar-refractivity contribution is 7.89. The minimum absolute atomic E-state index is 0.0954. The van der Waals surface area contributed by atoms with Crippen LogP contribution in [0, 0.1) is 0 Å². The fourth-order valence-electron chi connectivity index (χ4n) is 0.612. The van der Waals surface area contributed by atoms with E-state index in [0.717, 1.165) is 12.4 Å². The van der Waals surface area contributed by atoms with E-state index in [0.29, 0.717) is 0 Å². The lowest BCUT2D eigenvalue weighted by Crippen LogP contribution is -2.29. The lowest BCUT2D eigenvalue weighted by atomic mass is 10.7. The van der Waals surface area contributed by atoms with Crippen LogP contribution in [-0.2, 0) is 19.7 Å². The molecule has 1 aromatic rings. The molecule has 0 aliphatic carbocycles. The molecule has 1 amide bonds. The summed E-state index contributed by atoms with van der Waals surface area (Å²) in [6.45, 7) is -0.531. The number of sulfonamides is 1. The molecule has 1 rings (SSSR count). The molecular formula is C5H8N4O4S. The van der Waals surface area contributed by atoms with Gasteiger partial charge in [0, 0.05) is 6.20 Å². The van der Waals surface area contributed by atoms with Gasteiger partial charge in [0.25, 0.3) is 10.0 Å². The molecule has 0 unspecified atom stereocenters. The van der Waals surface area contributed by atoms with Gasteiger partial charge in [0.15, 0.2) is 0 Å². The van der Waals surface area contributed by atoms with Gasteiger partial charge in [0.05, 0.1) is 6.20 Å². The molecule has 0 aromatic carbocycles. The third kappa shape index (κ3) is 2.80. The predicted octanol–water partition coefficient (Wildman–Crippen LogP) is -1.90. The Hall–Kier alpha value is -1.45. The molecule has 0 bridgehead atoms.